The molecule has 3 aromatic rings. The Kier molecular flexibility index (Phi) is 7.19. The van der Waals surface area contributed by atoms with E-state index < -0.39 is 0 Å². The molecule has 33 heavy (non-hydrogen) atoms. The second-order valence-electron chi connectivity index (χ2n) is 7.92. The fraction of sp³-hybridized carbons (Fsp3) is 0.333. The summed E-state index contributed by atoms with van der Waals surface area (Å²) in [7, 11) is 0. The van der Waals surface area contributed by atoms with Crippen molar-refractivity contribution in [2.24, 2.45) is 11.7 Å². The molecule has 1 saturated heterocycles. The molecule has 1 fully saturated rings. The predicted octanol–water partition coefficient (Wildman–Crippen LogP) is 3.49. The molecule has 0 saturated carbocycles. The van der Waals surface area contributed by atoms with Gasteiger partial charge in [0.25, 0.3) is 0 Å². The first-order valence-electron chi connectivity index (χ1n) is 11.0. The molecule has 0 aliphatic carbocycles. The van der Waals surface area contributed by atoms with Gasteiger partial charge < -0.3 is 20.7 Å². The van der Waals surface area contributed by atoms with Gasteiger partial charge in [0, 0.05) is 24.0 Å². The molecule has 3 N–H and O–H groups in total. The highest BCUT2D eigenvalue weighted by Crippen LogP contribution is 2.26. The summed E-state index contributed by atoms with van der Waals surface area (Å²) in [6.45, 7) is 3.99. The number of thiazole rings is 1. The van der Waals surface area contributed by atoms with Gasteiger partial charge in [0.2, 0.25) is 11.8 Å². The van der Waals surface area contributed by atoms with Crippen molar-refractivity contribution >= 4 is 34.7 Å². The van der Waals surface area contributed by atoms with Gasteiger partial charge in [0.15, 0.2) is 0 Å². The highest BCUT2D eigenvalue weighted by Gasteiger charge is 2.24. The van der Waals surface area contributed by atoms with Crippen molar-refractivity contribution in [3.63, 3.8) is 0 Å². The van der Waals surface area contributed by atoms with Crippen LogP contribution in [0.2, 0.25) is 0 Å². The molecule has 0 radical (unpaired) electrons. The summed E-state index contributed by atoms with van der Waals surface area (Å²) in [4.78, 5) is 35.1. The van der Waals surface area contributed by atoms with Crippen molar-refractivity contribution in [2.45, 2.75) is 26.2 Å². The van der Waals surface area contributed by atoms with Crippen LogP contribution in [-0.4, -0.2) is 41.5 Å². The Morgan fingerprint density at radius 1 is 1.24 bits per heavy atom. The Balaban J connectivity index is 1.32. The van der Waals surface area contributed by atoms with Gasteiger partial charge in [-0.1, -0.05) is 0 Å². The van der Waals surface area contributed by atoms with Crippen LogP contribution in [0.1, 0.15) is 25.5 Å². The molecule has 0 bridgehead atoms. The van der Waals surface area contributed by atoms with Crippen LogP contribution < -0.4 is 20.7 Å². The molecular formula is C24H27N5O3S. The molecule has 172 valence electrons. The van der Waals surface area contributed by atoms with Crippen molar-refractivity contribution in [3.05, 3.63) is 53.7 Å². The number of hydrogen-bond acceptors (Lipinski definition) is 7. The Bertz CT molecular complexity index is 1100. The minimum atomic E-state index is -0.267. The monoisotopic (exact) mass is 465 g/mol. The molecule has 2 amide bonds. The van der Waals surface area contributed by atoms with E-state index in [1.165, 1.54) is 11.3 Å². The van der Waals surface area contributed by atoms with Gasteiger partial charge in [-0.15, -0.1) is 11.3 Å². The lowest BCUT2D eigenvalue weighted by Gasteiger charge is -2.32. The van der Waals surface area contributed by atoms with E-state index in [-0.39, 0.29) is 24.2 Å². The van der Waals surface area contributed by atoms with E-state index >= 15 is 0 Å². The number of rotatable bonds is 8. The Morgan fingerprint density at radius 3 is 2.76 bits per heavy atom. The summed E-state index contributed by atoms with van der Waals surface area (Å²) in [5.41, 5.74) is 7.79. The predicted molar refractivity (Wildman–Crippen MR) is 129 cm³/mol. The van der Waals surface area contributed by atoms with E-state index in [0.29, 0.717) is 18.8 Å². The van der Waals surface area contributed by atoms with Crippen LogP contribution in [0, 0.1) is 5.92 Å². The van der Waals surface area contributed by atoms with Gasteiger partial charge in [0.05, 0.1) is 36.5 Å². The number of piperidine rings is 1. The fourth-order valence-electron chi connectivity index (χ4n) is 3.82. The first-order chi connectivity index (χ1) is 16.0. The molecule has 4 rings (SSSR count). The zero-order chi connectivity index (χ0) is 23.2. The van der Waals surface area contributed by atoms with E-state index in [1.807, 2.05) is 48.7 Å². The van der Waals surface area contributed by atoms with Crippen LogP contribution >= 0.6 is 11.3 Å². The number of pyridine rings is 1. The Morgan fingerprint density at radius 2 is 2.06 bits per heavy atom. The molecule has 1 atom stereocenters. The maximum atomic E-state index is 12.5. The molecule has 8 nitrogen and oxygen atoms in total. The van der Waals surface area contributed by atoms with E-state index in [2.05, 4.69) is 20.2 Å². The molecule has 1 aromatic carbocycles. The minimum Gasteiger partial charge on any atom is -0.494 e. The number of nitrogens with two attached hydrogens (primary N) is 1. The molecule has 2 aromatic heterocycles. The number of nitrogens with one attached hydrogen (secondary N) is 1. The first kappa shape index (κ1) is 22.7. The summed E-state index contributed by atoms with van der Waals surface area (Å²) in [6, 6.07) is 11.4. The number of aromatic nitrogens is 2. The second-order valence-corrected chi connectivity index (χ2v) is 8.78. The summed E-state index contributed by atoms with van der Waals surface area (Å²) < 4.78 is 5.47. The number of primary amides is 1. The van der Waals surface area contributed by atoms with Gasteiger partial charge >= 0.3 is 0 Å². The van der Waals surface area contributed by atoms with Gasteiger partial charge in [-0.25, -0.2) is 9.97 Å². The largest absolute Gasteiger partial charge is 0.494 e. The third kappa shape index (κ3) is 5.87. The van der Waals surface area contributed by atoms with Crippen molar-refractivity contribution < 1.29 is 14.3 Å². The average Bonchev–Trinajstić information content (AvgIpc) is 3.28. The fourth-order valence-corrected chi connectivity index (χ4v) is 4.64. The lowest BCUT2D eigenvalue weighted by Crippen LogP contribution is -2.41. The number of carbonyl (C=O) groups is 2. The molecule has 3 heterocycles. The van der Waals surface area contributed by atoms with Crippen molar-refractivity contribution in [1.82, 2.24) is 9.97 Å². The standard InChI is InChI=1S/C24H27N5O3S/c1-2-32-20-8-5-16(6-9-20)24-28-19(15-33-24)12-22(30)27-18-7-10-21(26-13-18)29-11-3-4-17(14-29)23(25)31/h5-10,13,15,17H,2-4,11-12,14H2,1H3,(H2,25,31)(H,27,30). The maximum absolute atomic E-state index is 12.5. The number of benzene rings is 1. The number of ether oxygens (including phenoxy) is 1. The van der Waals surface area contributed by atoms with Crippen LogP contribution in [0.3, 0.4) is 0 Å². The SMILES string of the molecule is CCOc1ccc(-c2nc(CC(=O)Nc3ccc(N4CCCC(C(N)=O)C4)nc3)cs2)cc1. The summed E-state index contributed by atoms with van der Waals surface area (Å²) in [6.07, 6.45) is 3.53. The summed E-state index contributed by atoms with van der Waals surface area (Å²) >= 11 is 1.51. The van der Waals surface area contributed by atoms with Crippen molar-refractivity contribution in [1.29, 1.82) is 0 Å². The van der Waals surface area contributed by atoms with Gasteiger partial charge in [-0.05, 0) is 56.2 Å². The average molecular weight is 466 g/mol. The normalized spacial score (nSPS) is 15.8. The van der Waals surface area contributed by atoms with E-state index in [9.17, 15) is 9.59 Å². The highest BCUT2D eigenvalue weighted by atomic mass is 32.1. The van der Waals surface area contributed by atoms with Gasteiger partial charge in [0.1, 0.15) is 16.6 Å². The lowest BCUT2D eigenvalue weighted by molar-refractivity contribution is -0.122. The van der Waals surface area contributed by atoms with Crippen LogP contribution in [0.4, 0.5) is 11.5 Å². The molecular weight excluding hydrogens is 438 g/mol. The van der Waals surface area contributed by atoms with Crippen molar-refractivity contribution in [3.8, 4) is 16.3 Å². The summed E-state index contributed by atoms with van der Waals surface area (Å²) in [5, 5.41) is 5.64. The Hall–Kier alpha value is -3.46. The van der Waals surface area contributed by atoms with Crippen LogP contribution in [0.5, 0.6) is 5.75 Å². The van der Waals surface area contributed by atoms with Crippen LogP contribution in [0.15, 0.2) is 48.0 Å². The Labute approximate surface area is 196 Å². The zero-order valence-electron chi connectivity index (χ0n) is 18.5. The van der Waals surface area contributed by atoms with Crippen molar-refractivity contribution in [2.75, 3.05) is 29.9 Å². The maximum Gasteiger partial charge on any atom is 0.230 e. The van der Waals surface area contributed by atoms with Crippen LogP contribution in [-0.2, 0) is 16.0 Å². The number of hydrogen-bond donors (Lipinski definition) is 2. The number of nitrogens with zero attached hydrogens (tertiary/aromatic N) is 3. The first-order valence-corrected chi connectivity index (χ1v) is 11.9. The number of amides is 2. The zero-order valence-corrected chi connectivity index (χ0v) is 19.3. The van der Waals surface area contributed by atoms with Crippen LogP contribution in [0.25, 0.3) is 10.6 Å². The lowest BCUT2D eigenvalue weighted by atomic mass is 9.97. The quantitative estimate of drug-likeness (QED) is 0.527. The van der Waals surface area contributed by atoms with E-state index in [0.717, 1.165) is 47.2 Å². The smallest absolute Gasteiger partial charge is 0.230 e. The molecule has 0 spiro atoms. The van der Waals surface area contributed by atoms with E-state index in [4.69, 9.17) is 10.5 Å². The summed E-state index contributed by atoms with van der Waals surface area (Å²) in [5.74, 6) is 1.03. The van der Waals surface area contributed by atoms with E-state index in [1.54, 1.807) is 6.20 Å². The highest BCUT2D eigenvalue weighted by molar-refractivity contribution is 7.13. The number of carbonyl (C=O) groups excluding carboxylic acids is 2. The molecule has 1 aliphatic rings. The third-order valence-electron chi connectivity index (χ3n) is 5.49. The minimum absolute atomic E-state index is 0.148. The molecule has 1 aliphatic heterocycles. The van der Waals surface area contributed by atoms with Gasteiger partial charge in [-0.3, -0.25) is 9.59 Å². The topological polar surface area (TPSA) is 110 Å². The molecule has 1 unspecified atom stereocenters. The second kappa shape index (κ2) is 10.4. The third-order valence-corrected chi connectivity index (χ3v) is 6.43. The number of anilines is 2. The molecule has 9 heteroatoms. The van der Waals surface area contributed by atoms with Gasteiger partial charge in [-0.2, -0.15) is 0 Å².